The highest BCUT2D eigenvalue weighted by atomic mass is 16.5. The van der Waals surface area contributed by atoms with Crippen LogP contribution >= 0.6 is 0 Å². The Morgan fingerprint density at radius 1 is 0.848 bits per heavy atom. The molecular formula is C29H26N2O2. The first-order valence-corrected chi connectivity index (χ1v) is 11.1. The van der Waals surface area contributed by atoms with Crippen LogP contribution < -0.4 is 9.47 Å². The highest BCUT2D eigenvalue weighted by Gasteiger charge is 2.13. The lowest BCUT2D eigenvalue weighted by molar-refractivity contribution is 0.273. The fourth-order valence-electron chi connectivity index (χ4n) is 4.17. The summed E-state index contributed by atoms with van der Waals surface area (Å²) < 4.78 is 14.0. The Bertz CT molecular complexity index is 1450. The van der Waals surface area contributed by atoms with Crippen LogP contribution in [0.15, 0.2) is 91.0 Å². The van der Waals surface area contributed by atoms with E-state index in [4.69, 9.17) is 14.5 Å². The molecule has 164 valence electrons. The van der Waals surface area contributed by atoms with Crippen LogP contribution in [0.3, 0.4) is 0 Å². The number of rotatable bonds is 7. The molecule has 1 aromatic heterocycles. The zero-order chi connectivity index (χ0) is 22.6. The van der Waals surface area contributed by atoms with Crippen molar-refractivity contribution in [3.63, 3.8) is 0 Å². The summed E-state index contributed by atoms with van der Waals surface area (Å²) in [6.45, 7) is 3.07. The van der Waals surface area contributed by atoms with Crippen LogP contribution in [0.4, 0.5) is 0 Å². The average molecular weight is 435 g/mol. The highest BCUT2D eigenvalue weighted by Crippen LogP contribution is 2.30. The largest absolute Gasteiger partial charge is 0.493 e. The van der Waals surface area contributed by atoms with Crippen LogP contribution in [0.5, 0.6) is 11.5 Å². The van der Waals surface area contributed by atoms with Gasteiger partial charge >= 0.3 is 0 Å². The monoisotopic (exact) mass is 434 g/mol. The van der Waals surface area contributed by atoms with E-state index in [9.17, 15) is 0 Å². The summed E-state index contributed by atoms with van der Waals surface area (Å²) in [7, 11) is 1.66. The van der Waals surface area contributed by atoms with Crippen LogP contribution in [0, 0.1) is 0 Å². The second kappa shape index (κ2) is 9.21. The molecule has 4 nitrogen and oxygen atoms in total. The second-order valence-electron chi connectivity index (χ2n) is 7.98. The van der Waals surface area contributed by atoms with E-state index in [0.717, 1.165) is 29.0 Å². The molecule has 0 unspecified atom stereocenters. The van der Waals surface area contributed by atoms with Gasteiger partial charge < -0.3 is 14.0 Å². The third kappa shape index (κ3) is 4.33. The smallest absolute Gasteiger partial charge is 0.161 e. The van der Waals surface area contributed by atoms with Gasteiger partial charge in [0.2, 0.25) is 0 Å². The quantitative estimate of drug-likeness (QED) is 0.281. The number of nitrogens with zero attached hydrogens (tertiary/aromatic N) is 2. The first kappa shape index (κ1) is 20.8. The number of imidazole rings is 1. The maximum absolute atomic E-state index is 6.19. The molecule has 0 saturated heterocycles. The van der Waals surface area contributed by atoms with Gasteiger partial charge in [-0.05, 0) is 59.2 Å². The third-order valence-corrected chi connectivity index (χ3v) is 5.79. The van der Waals surface area contributed by atoms with Crippen LogP contribution in [0.25, 0.3) is 27.9 Å². The maximum atomic E-state index is 6.19. The van der Waals surface area contributed by atoms with Crippen molar-refractivity contribution in [3.05, 3.63) is 108 Å². The predicted molar refractivity (Wildman–Crippen MR) is 135 cm³/mol. The van der Waals surface area contributed by atoms with Gasteiger partial charge in [0.1, 0.15) is 12.4 Å². The van der Waals surface area contributed by atoms with Crippen molar-refractivity contribution < 1.29 is 9.47 Å². The molecule has 0 aliphatic carbocycles. The molecule has 5 aromatic rings. The van der Waals surface area contributed by atoms with Gasteiger partial charge in [0.25, 0.3) is 0 Å². The van der Waals surface area contributed by atoms with Gasteiger partial charge in [-0.25, -0.2) is 4.98 Å². The van der Waals surface area contributed by atoms with Gasteiger partial charge in [-0.3, -0.25) is 0 Å². The summed E-state index contributed by atoms with van der Waals surface area (Å²) in [5.41, 5.74) is 4.36. The lowest BCUT2D eigenvalue weighted by Gasteiger charge is -2.13. The number of allylic oxidation sites excluding steroid dienone is 1. The molecule has 0 N–H and O–H groups in total. The number of benzene rings is 4. The normalized spacial score (nSPS) is 11.5. The van der Waals surface area contributed by atoms with E-state index in [1.54, 1.807) is 7.11 Å². The molecular weight excluding hydrogens is 408 g/mol. The Labute approximate surface area is 193 Å². The van der Waals surface area contributed by atoms with Gasteiger partial charge in [-0.1, -0.05) is 66.7 Å². The van der Waals surface area contributed by atoms with E-state index in [1.807, 2.05) is 49.4 Å². The first-order chi connectivity index (χ1) is 16.2. The second-order valence-corrected chi connectivity index (χ2v) is 7.98. The minimum absolute atomic E-state index is 0.349. The third-order valence-electron chi connectivity index (χ3n) is 5.79. The van der Waals surface area contributed by atoms with Crippen LogP contribution in [0.1, 0.15) is 23.9 Å². The Balaban J connectivity index is 1.47. The van der Waals surface area contributed by atoms with E-state index in [1.165, 1.54) is 16.3 Å². The van der Waals surface area contributed by atoms with Crippen LogP contribution in [-0.4, -0.2) is 16.7 Å². The summed E-state index contributed by atoms with van der Waals surface area (Å²) in [6, 6.07) is 29.2. The lowest BCUT2D eigenvalue weighted by Crippen LogP contribution is -2.09. The number of para-hydroxylation sites is 2. The molecule has 33 heavy (non-hydrogen) atoms. The van der Waals surface area contributed by atoms with Gasteiger partial charge in [0, 0.05) is 6.54 Å². The van der Waals surface area contributed by atoms with Crippen LogP contribution in [0.2, 0.25) is 0 Å². The van der Waals surface area contributed by atoms with E-state index in [0.29, 0.717) is 18.1 Å². The molecule has 4 heteroatoms. The van der Waals surface area contributed by atoms with Crippen molar-refractivity contribution >= 4 is 27.9 Å². The number of methoxy groups -OCH3 is 1. The molecule has 0 radical (unpaired) electrons. The number of fused-ring (bicyclic) bond motifs is 2. The fraction of sp³-hybridized carbons (Fsp3) is 0.138. The van der Waals surface area contributed by atoms with E-state index in [2.05, 4.69) is 59.2 Å². The average Bonchev–Trinajstić information content (AvgIpc) is 3.20. The molecule has 5 rings (SSSR count). The number of aromatic nitrogens is 2. The standard InChI is InChI=1S/C29H26N2O2/c1-3-8-21-14-16-27(28(18-21)32-2)33-20-29-30-25-11-6-7-12-26(25)31(29)19-22-13-15-23-9-4-5-10-24(23)17-22/h3-18H,19-20H2,1-2H3/b8-3-. The Morgan fingerprint density at radius 3 is 2.52 bits per heavy atom. The summed E-state index contributed by atoms with van der Waals surface area (Å²) in [5, 5.41) is 2.48. The number of hydrogen-bond donors (Lipinski definition) is 0. The molecule has 1 heterocycles. The van der Waals surface area contributed by atoms with Crippen molar-refractivity contribution in [1.82, 2.24) is 9.55 Å². The summed E-state index contributed by atoms with van der Waals surface area (Å²) in [4.78, 5) is 4.87. The molecule has 0 saturated carbocycles. The van der Waals surface area contributed by atoms with Gasteiger partial charge in [-0.2, -0.15) is 0 Å². The summed E-state index contributed by atoms with van der Waals surface area (Å²) in [5.74, 6) is 2.29. The first-order valence-electron chi connectivity index (χ1n) is 11.1. The molecule has 0 amide bonds. The zero-order valence-corrected chi connectivity index (χ0v) is 18.9. The van der Waals surface area contributed by atoms with Crippen LogP contribution in [-0.2, 0) is 13.2 Å². The minimum atomic E-state index is 0.349. The maximum Gasteiger partial charge on any atom is 0.161 e. The summed E-state index contributed by atoms with van der Waals surface area (Å²) >= 11 is 0. The number of ether oxygens (including phenoxy) is 2. The van der Waals surface area contributed by atoms with E-state index in [-0.39, 0.29) is 0 Å². The van der Waals surface area contributed by atoms with Crippen molar-refractivity contribution in [2.75, 3.05) is 7.11 Å². The van der Waals surface area contributed by atoms with Crippen molar-refractivity contribution in [2.24, 2.45) is 0 Å². The van der Waals surface area contributed by atoms with E-state index >= 15 is 0 Å². The van der Waals surface area contributed by atoms with Crippen molar-refractivity contribution in [2.45, 2.75) is 20.1 Å². The molecule has 4 aromatic carbocycles. The lowest BCUT2D eigenvalue weighted by atomic mass is 10.1. The van der Waals surface area contributed by atoms with Crippen molar-refractivity contribution in [3.8, 4) is 11.5 Å². The van der Waals surface area contributed by atoms with E-state index < -0.39 is 0 Å². The van der Waals surface area contributed by atoms with Gasteiger partial charge in [0.05, 0.1) is 18.1 Å². The Hall–Kier alpha value is -4.05. The molecule has 0 spiro atoms. The molecule has 0 aliphatic rings. The Morgan fingerprint density at radius 2 is 1.67 bits per heavy atom. The molecule has 0 aliphatic heterocycles. The predicted octanol–water partition coefficient (Wildman–Crippen LogP) is 6.86. The molecule has 0 atom stereocenters. The number of hydrogen-bond acceptors (Lipinski definition) is 3. The highest BCUT2D eigenvalue weighted by molar-refractivity contribution is 5.83. The fourth-order valence-corrected chi connectivity index (χ4v) is 4.17. The summed E-state index contributed by atoms with van der Waals surface area (Å²) in [6.07, 6.45) is 4.04. The SMILES string of the molecule is C/C=C\c1ccc(OCc2nc3ccccc3n2Cc2ccc3ccccc3c2)c(OC)c1. The van der Waals surface area contributed by atoms with Gasteiger partial charge in [-0.15, -0.1) is 0 Å². The topological polar surface area (TPSA) is 36.3 Å². The molecule has 0 bridgehead atoms. The van der Waals surface area contributed by atoms with Gasteiger partial charge in [0.15, 0.2) is 11.5 Å². The van der Waals surface area contributed by atoms with Crippen molar-refractivity contribution in [1.29, 1.82) is 0 Å². The Kier molecular flexibility index (Phi) is 5.81. The zero-order valence-electron chi connectivity index (χ0n) is 18.9. The minimum Gasteiger partial charge on any atom is -0.493 e. The molecule has 0 fully saturated rings.